The number of carbonyl (C=O) groups excluding carboxylic acids is 1. The molecular formula is C15H20N2O4. The molecular weight excluding hydrogens is 272 g/mol. The number of carboxylic acid groups (broad SMARTS) is 1. The third-order valence-corrected chi connectivity index (χ3v) is 2.72. The van der Waals surface area contributed by atoms with E-state index in [4.69, 9.17) is 9.84 Å². The number of carbonyl (C=O) groups is 2. The van der Waals surface area contributed by atoms with Gasteiger partial charge in [0.1, 0.15) is 5.75 Å². The SMILES string of the molecule is C=CCCCN(C)C(=O)Nc1ccc(OCC(=O)O)cc1. The smallest absolute Gasteiger partial charge is 0.341 e. The molecule has 0 fully saturated rings. The van der Waals surface area contributed by atoms with Crippen molar-refractivity contribution < 1.29 is 19.4 Å². The molecule has 0 aliphatic heterocycles. The van der Waals surface area contributed by atoms with Crippen molar-refractivity contribution in [1.29, 1.82) is 0 Å². The Morgan fingerprint density at radius 2 is 2.05 bits per heavy atom. The first-order valence-electron chi connectivity index (χ1n) is 6.60. The van der Waals surface area contributed by atoms with Gasteiger partial charge in [0.15, 0.2) is 6.61 Å². The third-order valence-electron chi connectivity index (χ3n) is 2.72. The number of aliphatic carboxylic acids is 1. The monoisotopic (exact) mass is 292 g/mol. The number of hydrogen-bond donors (Lipinski definition) is 2. The Bertz CT molecular complexity index is 485. The van der Waals surface area contributed by atoms with Gasteiger partial charge in [0.2, 0.25) is 0 Å². The van der Waals surface area contributed by atoms with Gasteiger partial charge in [-0.25, -0.2) is 9.59 Å². The Kier molecular flexibility index (Phi) is 6.80. The summed E-state index contributed by atoms with van der Waals surface area (Å²) in [6.07, 6.45) is 3.56. The molecule has 0 atom stereocenters. The Morgan fingerprint density at radius 1 is 1.38 bits per heavy atom. The summed E-state index contributed by atoms with van der Waals surface area (Å²) in [6.45, 7) is 3.90. The fourth-order valence-electron chi connectivity index (χ4n) is 1.57. The number of unbranched alkanes of at least 4 members (excludes halogenated alkanes) is 1. The van der Waals surface area contributed by atoms with Gasteiger partial charge in [-0.1, -0.05) is 6.08 Å². The van der Waals surface area contributed by atoms with Gasteiger partial charge in [0.25, 0.3) is 0 Å². The Morgan fingerprint density at radius 3 is 2.62 bits per heavy atom. The summed E-state index contributed by atoms with van der Waals surface area (Å²) in [5.74, 6) is -0.594. The zero-order valence-electron chi connectivity index (χ0n) is 12.0. The molecule has 1 aromatic carbocycles. The van der Waals surface area contributed by atoms with Crippen molar-refractivity contribution in [2.24, 2.45) is 0 Å². The zero-order chi connectivity index (χ0) is 15.7. The number of anilines is 1. The van der Waals surface area contributed by atoms with Crippen molar-refractivity contribution in [1.82, 2.24) is 4.90 Å². The molecule has 0 aromatic heterocycles. The second-order valence-electron chi connectivity index (χ2n) is 4.49. The van der Waals surface area contributed by atoms with Crippen LogP contribution in [-0.2, 0) is 4.79 Å². The van der Waals surface area contributed by atoms with Gasteiger partial charge in [-0.2, -0.15) is 0 Å². The molecule has 0 saturated carbocycles. The number of ether oxygens (including phenoxy) is 1. The molecule has 0 heterocycles. The second-order valence-corrected chi connectivity index (χ2v) is 4.49. The number of nitrogens with zero attached hydrogens (tertiary/aromatic N) is 1. The maximum absolute atomic E-state index is 11.9. The molecule has 0 aliphatic rings. The van der Waals surface area contributed by atoms with Crippen LogP contribution in [0.1, 0.15) is 12.8 Å². The first-order chi connectivity index (χ1) is 10.0. The number of hydrogen-bond acceptors (Lipinski definition) is 3. The van der Waals surface area contributed by atoms with Gasteiger partial charge in [-0.15, -0.1) is 6.58 Å². The summed E-state index contributed by atoms with van der Waals surface area (Å²) in [6, 6.07) is 6.34. The van der Waals surface area contributed by atoms with E-state index in [0.29, 0.717) is 18.0 Å². The number of amides is 2. The summed E-state index contributed by atoms with van der Waals surface area (Å²) in [4.78, 5) is 23.9. The van der Waals surface area contributed by atoms with Crippen LogP contribution in [0, 0.1) is 0 Å². The minimum absolute atomic E-state index is 0.196. The van der Waals surface area contributed by atoms with Crippen molar-refractivity contribution in [3.05, 3.63) is 36.9 Å². The molecule has 1 aromatic rings. The van der Waals surface area contributed by atoms with Crippen LogP contribution in [0.25, 0.3) is 0 Å². The van der Waals surface area contributed by atoms with E-state index in [1.165, 1.54) is 0 Å². The summed E-state index contributed by atoms with van der Waals surface area (Å²) >= 11 is 0. The van der Waals surface area contributed by atoms with Crippen LogP contribution in [0.15, 0.2) is 36.9 Å². The van der Waals surface area contributed by atoms with E-state index in [2.05, 4.69) is 11.9 Å². The summed E-state index contributed by atoms with van der Waals surface area (Å²) in [5, 5.41) is 11.3. The summed E-state index contributed by atoms with van der Waals surface area (Å²) < 4.78 is 5.01. The van der Waals surface area contributed by atoms with E-state index in [1.54, 1.807) is 36.2 Å². The number of urea groups is 1. The Balaban J connectivity index is 2.45. The van der Waals surface area contributed by atoms with E-state index >= 15 is 0 Å². The lowest BCUT2D eigenvalue weighted by atomic mass is 10.3. The van der Waals surface area contributed by atoms with Crippen LogP contribution in [0.5, 0.6) is 5.75 Å². The molecule has 2 N–H and O–H groups in total. The molecule has 0 unspecified atom stereocenters. The topological polar surface area (TPSA) is 78.9 Å². The highest BCUT2D eigenvalue weighted by molar-refractivity contribution is 5.89. The molecule has 0 radical (unpaired) electrons. The van der Waals surface area contributed by atoms with Crippen LogP contribution >= 0.6 is 0 Å². The quantitative estimate of drug-likeness (QED) is 0.570. The molecule has 21 heavy (non-hydrogen) atoms. The average molecular weight is 292 g/mol. The fraction of sp³-hybridized carbons (Fsp3) is 0.333. The molecule has 0 spiro atoms. The molecule has 1 rings (SSSR count). The van der Waals surface area contributed by atoms with Gasteiger partial charge in [0.05, 0.1) is 0 Å². The number of rotatable bonds is 8. The molecule has 0 saturated heterocycles. The summed E-state index contributed by atoms with van der Waals surface area (Å²) in [5.41, 5.74) is 0.623. The largest absolute Gasteiger partial charge is 0.482 e. The maximum Gasteiger partial charge on any atom is 0.341 e. The summed E-state index contributed by atoms with van der Waals surface area (Å²) in [7, 11) is 1.72. The number of nitrogens with one attached hydrogen (secondary N) is 1. The van der Waals surface area contributed by atoms with Crippen LogP contribution in [0.4, 0.5) is 10.5 Å². The maximum atomic E-state index is 11.9. The first-order valence-corrected chi connectivity index (χ1v) is 6.60. The highest BCUT2D eigenvalue weighted by atomic mass is 16.5. The van der Waals surface area contributed by atoms with Gasteiger partial charge < -0.3 is 20.1 Å². The lowest BCUT2D eigenvalue weighted by molar-refractivity contribution is -0.139. The Hall–Kier alpha value is -2.50. The Labute approximate surface area is 124 Å². The van der Waals surface area contributed by atoms with Crippen LogP contribution in [-0.4, -0.2) is 42.2 Å². The number of carboxylic acids is 1. The predicted molar refractivity (Wildman–Crippen MR) is 80.7 cm³/mol. The fourth-order valence-corrected chi connectivity index (χ4v) is 1.57. The standard InChI is InChI=1S/C15H20N2O4/c1-3-4-5-10-17(2)15(20)16-12-6-8-13(9-7-12)21-11-14(18)19/h3,6-9H,1,4-5,10-11H2,2H3,(H,16,20)(H,18,19). The zero-order valence-corrected chi connectivity index (χ0v) is 12.0. The van der Waals surface area contributed by atoms with Gasteiger partial charge in [-0.05, 0) is 37.1 Å². The molecule has 0 bridgehead atoms. The molecule has 6 nitrogen and oxygen atoms in total. The second kappa shape index (κ2) is 8.63. The highest BCUT2D eigenvalue weighted by Gasteiger charge is 2.08. The third kappa shape index (κ3) is 6.47. The molecule has 0 aliphatic carbocycles. The van der Waals surface area contributed by atoms with E-state index in [-0.39, 0.29) is 6.03 Å². The minimum Gasteiger partial charge on any atom is -0.482 e. The van der Waals surface area contributed by atoms with E-state index in [0.717, 1.165) is 12.8 Å². The minimum atomic E-state index is -1.03. The van der Waals surface area contributed by atoms with E-state index in [1.807, 2.05) is 6.08 Å². The number of benzene rings is 1. The number of allylic oxidation sites excluding steroid dienone is 1. The van der Waals surface area contributed by atoms with Gasteiger partial charge in [-0.3, -0.25) is 0 Å². The van der Waals surface area contributed by atoms with Crippen molar-refractivity contribution >= 4 is 17.7 Å². The average Bonchev–Trinajstić information content (AvgIpc) is 2.46. The van der Waals surface area contributed by atoms with Crippen molar-refractivity contribution in [2.45, 2.75) is 12.8 Å². The van der Waals surface area contributed by atoms with Gasteiger partial charge >= 0.3 is 12.0 Å². The van der Waals surface area contributed by atoms with E-state index < -0.39 is 12.6 Å². The highest BCUT2D eigenvalue weighted by Crippen LogP contribution is 2.16. The molecule has 2 amide bonds. The molecule has 114 valence electrons. The van der Waals surface area contributed by atoms with Crippen molar-refractivity contribution in [2.75, 3.05) is 25.5 Å². The van der Waals surface area contributed by atoms with Crippen molar-refractivity contribution in [3.63, 3.8) is 0 Å². The normalized spacial score (nSPS) is 9.76. The van der Waals surface area contributed by atoms with Crippen LogP contribution in [0.3, 0.4) is 0 Å². The van der Waals surface area contributed by atoms with Crippen LogP contribution in [0.2, 0.25) is 0 Å². The lowest BCUT2D eigenvalue weighted by Gasteiger charge is -2.17. The first kappa shape index (κ1) is 16.6. The van der Waals surface area contributed by atoms with Crippen LogP contribution < -0.4 is 10.1 Å². The lowest BCUT2D eigenvalue weighted by Crippen LogP contribution is -2.32. The van der Waals surface area contributed by atoms with E-state index in [9.17, 15) is 9.59 Å². The predicted octanol–water partition coefficient (Wildman–Crippen LogP) is 2.58. The molecule has 6 heteroatoms. The van der Waals surface area contributed by atoms with Gasteiger partial charge in [0, 0.05) is 19.3 Å². The van der Waals surface area contributed by atoms with Crippen molar-refractivity contribution in [3.8, 4) is 5.75 Å².